The fraction of sp³-hybridized carbons (Fsp3) is 1.00. The van der Waals surface area contributed by atoms with Gasteiger partial charge in [-0.3, -0.25) is 0 Å². The van der Waals surface area contributed by atoms with Gasteiger partial charge in [0.2, 0.25) is 0 Å². The molecule has 6 heteroatoms. The van der Waals surface area contributed by atoms with E-state index < -0.39 is 36.5 Å². The normalized spacial score (nSPS) is 40.2. The first-order valence-corrected chi connectivity index (χ1v) is 6.12. The highest BCUT2D eigenvalue weighted by atomic mass is 16.4. The van der Waals surface area contributed by atoms with E-state index in [0.717, 1.165) is 12.8 Å². The lowest BCUT2D eigenvalue weighted by Gasteiger charge is -2.42. The Hall–Kier alpha value is -0.240. The molecule has 1 fully saturated rings. The van der Waals surface area contributed by atoms with Crippen LogP contribution in [0.5, 0.6) is 0 Å². The summed E-state index contributed by atoms with van der Waals surface area (Å²) in [7, 11) is 0. The Morgan fingerprint density at radius 1 is 1.12 bits per heavy atom. The van der Waals surface area contributed by atoms with Crippen LogP contribution in [0.4, 0.5) is 0 Å². The monoisotopic (exact) mass is 249 g/mol. The van der Waals surface area contributed by atoms with Gasteiger partial charge < -0.3 is 30.8 Å². The van der Waals surface area contributed by atoms with E-state index in [0.29, 0.717) is 6.42 Å². The summed E-state index contributed by atoms with van der Waals surface area (Å²) in [6.45, 7) is 1.63. The highest BCUT2D eigenvalue weighted by molar-refractivity contribution is 5.00. The van der Waals surface area contributed by atoms with Crippen LogP contribution in [0.1, 0.15) is 26.2 Å². The third-order valence-corrected chi connectivity index (χ3v) is 3.35. The van der Waals surface area contributed by atoms with E-state index >= 15 is 0 Å². The summed E-state index contributed by atoms with van der Waals surface area (Å²) >= 11 is 0. The summed E-state index contributed by atoms with van der Waals surface area (Å²) in [5.41, 5.74) is 0. The first-order chi connectivity index (χ1) is 8.02. The number of piperidine rings is 1. The Kier molecular flexibility index (Phi) is 5.78. The van der Waals surface area contributed by atoms with Gasteiger partial charge in [-0.1, -0.05) is 19.8 Å². The Labute approximate surface area is 101 Å². The fourth-order valence-corrected chi connectivity index (χ4v) is 2.19. The second-order valence-electron chi connectivity index (χ2n) is 4.66. The molecule has 0 aromatic rings. The van der Waals surface area contributed by atoms with Gasteiger partial charge in [0, 0.05) is 0 Å². The van der Waals surface area contributed by atoms with Crippen LogP contribution in [0, 0.1) is 0 Å². The zero-order chi connectivity index (χ0) is 13.0. The number of nitrogens with one attached hydrogen (secondary N) is 1. The van der Waals surface area contributed by atoms with Gasteiger partial charge in [0.15, 0.2) is 0 Å². The van der Waals surface area contributed by atoms with Crippen LogP contribution in [0.3, 0.4) is 0 Å². The molecule has 1 rings (SSSR count). The second-order valence-corrected chi connectivity index (χ2v) is 4.66. The summed E-state index contributed by atoms with van der Waals surface area (Å²) in [6.07, 6.45) is -2.38. The van der Waals surface area contributed by atoms with Gasteiger partial charge in [-0.2, -0.15) is 0 Å². The maximum Gasteiger partial charge on any atom is 0.109 e. The maximum absolute atomic E-state index is 9.90. The SMILES string of the molecule is CCCCC(O)[C@H]1N[C@H](CO)[C@H](O)[C@@H](O)[C@@H]1O. The van der Waals surface area contributed by atoms with Gasteiger partial charge in [-0.15, -0.1) is 0 Å². The van der Waals surface area contributed by atoms with Crippen molar-refractivity contribution in [2.75, 3.05) is 6.61 Å². The summed E-state index contributed by atoms with van der Waals surface area (Å²) in [5.74, 6) is 0. The van der Waals surface area contributed by atoms with E-state index in [1.54, 1.807) is 0 Å². The zero-order valence-corrected chi connectivity index (χ0v) is 10.0. The van der Waals surface area contributed by atoms with Crippen LogP contribution in [0.15, 0.2) is 0 Å². The average molecular weight is 249 g/mol. The molecule has 0 amide bonds. The standard InChI is InChI=1S/C11H23NO5/c1-2-3-4-7(14)8-10(16)11(17)9(15)6(5-13)12-8/h6-17H,2-5H2,1H3/t6-,7?,8-,9+,10-,11-/m1/s1. The van der Waals surface area contributed by atoms with Crippen LogP contribution in [0.25, 0.3) is 0 Å². The lowest BCUT2D eigenvalue weighted by Crippen LogP contribution is -2.68. The van der Waals surface area contributed by atoms with Gasteiger partial charge in [0.1, 0.15) is 12.2 Å². The van der Waals surface area contributed by atoms with Crippen molar-refractivity contribution in [3.05, 3.63) is 0 Å². The lowest BCUT2D eigenvalue weighted by atomic mass is 9.86. The average Bonchev–Trinajstić information content (AvgIpc) is 2.33. The van der Waals surface area contributed by atoms with Gasteiger partial charge in [-0.25, -0.2) is 0 Å². The Bertz CT molecular complexity index is 226. The predicted molar refractivity (Wildman–Crippen MR) is 61.3 cm³/mol. The summed E-state index contributed by atoms with van der Waals surface area (Å²) < 4.78 is 0. The first kappa shape index (κ1) is 14.8. The number of aliphatic hydroxyl groups is 5. The Morgan fingerprint density at radius 3 is 2.29 bits per heavy atom. The molecule has 17 heavy (non-hydrogen) atoms. The third kappa shape index (κ3) is 3.37. The molecule has 1 aliphatic heterocycles. The highest BCUT2D eigenvalue weighted by Crippen LogP contribution is 2.20. The van der Waals surface area contributed by atoms with Gasteiger partial charge in [-0.05, 0) is 6.42 Å². The minimum absolute atomic E-state index is 0.359. The molecule has 0 spiro atoms. The van der Waals surface area contributed by atoms with E-state index in [1.165, 1.54) is 0 Å². The summed E-state index contributed by atoms with van der Waals surface area (Å²) in [6, 6.07) is -1.45. The van der Waals surface area contributed by atoms with Crippen molar-refractivity contribution in [2.24, 2.45) is 0 Å². The molecule has 6 nitrogen and oxygen atoms in total. The van der Waals surface area contributed by atoms with E-state index in [2.05, 4.69) is 5.32 Å². The van der Waals surface area contributed by atoms with E-state index in [4.69, 9.17) is 5.11 Å². The van der Waals surface area contributed by atoms with Crippen molar-refractivity contribution in [1.29, 1.82) is 0 Å². The summed E-state index contributed by atoms with van der Waals surface area (Å²) in [4.78, 5) is 0. The lowest BCUT2D eigenvalue weighted by molar-refractivity contribution is -0.136. The van der Waals surface area contributed by atoms with Crippen molar-refractivity contribution in [2.45, 2.75) is 62.7 Å². The molecule has 0 bridgehead atoms. The maximum atomic E-state index is 9.90. The third-order valence-electron chi connectivity index (χ3n) is 3.35. The number of hydrogen-bond donors (Lipinski definition) is 6. The largest absolute Gasteiger partial charge is 0.395 e. The first-order valence-electron chi connectivity index (χ1n) is 6.12. The van der Waals surface area contributed by atoms with Gasteiger partial charge in [0.05, 0.1) is 30.9 Å². The molecule has 6 N–H and O–H groups in total. The zero-order valence-electron chi connectivity index (χ0n) is 10.0. The van der Waals surface area contributed by atoms with Crippen LogP contribution < -0.4 is 5.32 Å². The summed E-state index contributed by atoms with van der Waals surface area (Å²) in [5, 5.41) is 50.7. The Morgan fingerprint density at radius 2 is 1.76 bits per heavy atom. The quantitative estimate of drug-likeness (QED) is 0.334. The molecule has 0 saturated carbocycles. The van der Waals surface area contributed by atoms with Crippen molar-refractivity contribution in [3.63, 3.8) is 0 Å². The number of unbranched alkanes of at least 4 members (excludes halogenated alkanes) is 1. The molecule has 1 heterocycles. The van der Waals surface area contributed by atoms with Gasteiger partial charge in [0.25, 0.3) is 0 Å². The van der Waals surface area contributed by atoms with Crippen LogP contribution in [-0.2, 0) is 0 Å². The molecule has 1 saturated heterocycles. The smallest absolute Gasteiger partial charge is 0.109 e. The molecule has 0 aromatic heterocycles. The number of hydrogen-bond acceptors (Lipinski definition) is 6. The number of aliphatic hydroxyl groups excluding tert-OH is 5. The topological polar surface area (TPSA) is 113 Å². The van der Waals surface area contributed by atoms with Gasteiger partial charge >= 0.3 is 0 Å². The van der Waals surface area contributed by atoms with Crippen LogP contribution in [-0.4, -0.2) is 68.6 Å². The fourth-order valence-electron chi connectivity index (χ4n) is 2.19. The van der Waals surface area contributed by atoms with Crippen molar-refractivity contribution in [3.8, 4) is 0 Å². The molecule has 0 aliphatic carbocycles. The molecule has 1 unspecified atom stereocenters. The van der Waals surface area contributed by atoms with Crippen LogP contribution >= 0.6 is 0 Å². The predicted octanol–water partition coefficient (Wildman–Crippen LogP) is -2.05. The molecular weight excluding hydrogens is 226 g/mol. The molecule has 1 aliphatic rings. The Balaban J connectivity index is 2.64. The van der Waals surface area contributed by atoms with E-state index in [1.807, 2.05) is 6.92 Å². The molecule has 0 aromatic carbocycles. The molecule has 102 valence electrons. The highest BCUT2D eigenvalue weighted by Gasteiger charge is 2.44. The minimum atomic E-state index is -1.35. The van der Waals surface area contributed by atoms with Crippen molar-refractivity contribution in [1.82, 2.24) is 5.32 Å². The molecular formula is C11H23NO5. The van der Waals surface area contributed by atoms with Crippen molar-refractivity contribution < 1.29 is 25.5 Å². The molecule has 0 radical (unpaired) electrons. The second kappa shape index (κ2) is 6.63. The van der Waals surface area contributed by atoms with Crippen molar-refractivity contribution >= 4 is 0 Å². The minimum Gasteiger partial charge on any atom is -0.395 e. The molecule has 6 atom stereocenters. The van der Waals surface area contributed by atoms with E-state index in [-0.39, 0.29) is 6.61 Å². The van der Waals surface area contributed by atoms with Crippen LogP contribution in [0.2, 0.25) is 0 Å². The van der Waals surface area contributed by atoms with E-state index in [9.17, 15) is 20.4 Å². The number of rotatable bonds is 5.